The van der Waals surface area contributed by atoms with Crippen molar-refractivity contribution in [2.45, 2.75) is 0 Å². The Morgan fingerprint density at radius 2 is 0.680 bits per heavy atom. The van der Waals surface area contributed by atoms with E-state index in [1.807, 2.05) is 0 Å². The van der Waals surface area contributed by atoms with Crippen LogP contribution in [0, 0.1) is 0 Å². The Kier molecular flexibility index (Phi) is 6.53. The molecule has 0 aliphatic rings. The Morgan fingerprint density at radius 1 is 0.260 bits per heavy atom. The maximum Gasteiger partial charge on any atom is 0.160 e. The summed E-state index contributed by atoms with van der Waals surface area (Å²) in [5, 5.41) is 12.1. The molecule has 0 fully saturated rings. The SMILES string of the molecule is c1ccc2c(-c3ccc(-c4nc(-c5cc6ccccc6c6ccccc56)cc(-c5cc6ccccc6c6ccccc56)n4)cc3)cccc2c1. The lowest BCUT2D eigenvalue weighted by Crippen LogP contribution is -1.97. The molecule has 0 aliphatic heterocycles. The number of benzene rings is 9. The lowest BCUT2D eigenvalue weighted by atomic mass is 9.93. The molecule has 232 valence electrons. The van der Waals surface area contributed by atoms with Crippen molar-refractivity contribution in [2.24, 2.45) is 0 Å². The van der Waals surface area contributed by atoms with E-state index in [0.29, 0.717) is 5.82 Å². The molecule has 0 spiro atoms. The molecule has 0 unspecified atom stereocenters. The largest absolute Gasteiger partial charge is 0.228 e. The van der Waals surface area contributed by atoms with E-state index in [9.17, 15) is 0 Å². The molecule has 0 N–H and O–H groups in total. The molecule has 9 aromatic carbocycles. The van der Waals surface area contributed by atoms with Crippen molar-refractivity contribution in [3.63, 3.8) is 0 Å². The van der Waals surface area contributed by atoms with Crippen molar-refractivity contribution in [1.29, 1.82) is 0 Å². The Labute approximate surface area is 290 Å². The van der Waals surface area contributed by atoms with Crippen LogP contribution >= 0.6 is 0 Å². The van der Waals surface area contributed by atoms with Crippen LogP contribution in [0.4, 0.5) is 0 Å². The molecule has 10 rings (SSSR count). The summed E-state index contributed by atoms with van der Waals surface area (Å²) in [5.74, 6) is 0.705. The van der Waals surface area contributed by atoms with Crippen molar-refractivity contribution in [2.75, 3.05) is 0 Å². The highest BCUT2D eigenvalue weighted by Crippen LogP contribution is 2.39. The van der Waals surface area contributed by atoms with Crippen molar-refractivity contribution >= 4 is 53.9 Å². The Bertz CT molecular complexity index is 2780. The molecule has 0 atom stereocenters. The Morgan fingerprint density at radius 3 is 1.24 bits per heavy atom. The molecule has 10 aromatic rings. The molecule has 0 bridgehead atoms. The highest BCUT2D eigenvalue weighted by atomic mass is 14.9. The minimum absolute atomic E-state index is 0.705. The number of nitrogens with zero attached hydrogens (tertiary/aromatic N) is 2. The molecule has 2 nitrogen and oxygen atoms in total. The molecule has 2 heteroatoms. The maximum atomic E-state index is 5.34. The van der Waals surface area contributed by atoms with Gasteiger partial charge in [-0.15, -0.1) is 0 Å². The van der Waals surface area contributed by atoms with Gasteiger partial charge in [-0.1, -0.05) is 164 Å². The van der Waals surface area contributed by atoms with Crippen LogP contribution in [0.25, 0.3) is 98.9 Å². The van der Waals surface area contributed by atoms with E-state index in [4.69, 9.17) is 9.97 Å². The van der Waals surface area contributed by atoms with Crippen LogP contribution in [0.15, 0.2) is 182 Å². The van der Waals surface area contributed by atoms with Gasteiger partial charge in [0, 0.05) is 16.7 Å². The molecule has 1 heterocycles. The predicted molar refractivity (Wildman–Crippen MR) is 211 cm³/mol. The first kappa shape index (κ1) is 28.4. The van der Waals surface area contributed by atoms with Gasteiger partial charge in [-0.3, -0.25) is 0 Å². The van der Waals surface area contributed by atoms with Gasteiger partial charge in [0.25, 0.3) is 0 Å². The van der Waals surface area contributed by atoms with E-state index in [0.717, 1.165) is 28.1 Å². The lowest BCUT2D eigenvalue weighted by molar-refractivity contribution is 1.19. The number of rotatable bonds is 4. The summed E-state index contributed by atoms with van der Waals surface area (Å²) in [6.07, 6.45) is 0. The minimum Gasteiger partial charge on any atom is -0.228 e. The van der Waals surface area contributed by atoms with Crippen molar-refractivity contribution in [3.05, 3.63) is 182 Å². The van der Waals surface area contributed by atoms with Gasteiger partial charge in [0.05, 0.1) is 11.4 Å². The van der Waals surface area contributed by atoms with Gasteiger partial charge in [0.1, 0.15) is 0 Å². The smallest absolute Gasteiger partial charge is 0.160 e. The topological polar surface area (TPSA) is 25.8 Å². The maximum absolute atomic E-state index is 5.34. The second kappa shape index (κ2) is 11.5. The monoisotopic (exact) mass is 634 g/mol. The lowest BCUT2D eigenvalue weighted by Gasteiger charge is -2.15. The molecule has 0 saturated carbocycles. The second-order valence-electron chi connectivity index (χ2n) is 12.9. The molecule has 0 radical (unpaired) electrons. The van der Waals surface area contributed by atoms with E-state index in [1.54, 1.807) is 0 Å². The highest BCUT2D eigenvalue weighted by Gasteiger charge is 2.17. The molecule has 0 saturated heterocycles. The van der Waals surface area contributed by atoms with Crippen LogP contribution < -0.4 is 0 Å². The zero-order chi connectivity index (χ0) is 33.0. The quantitative estimate of drug-likeness (QED) is 0.180. The first-order chi connectivity index (χ1) is 24.8. The van der Waals surface area contributed by atoms with Crippen molar-refractivity contribution < 1.29 is 0 Å². The number of fused-ring (bicyclic) bond motifs is 7. The summed E-state index contributed by atoms with van der Waals surface area (Å²) >= 11 is 0. The number of aromatic nitrogens is 2. The molecular formula is C48H30N2. The van der Waals surface area contributed by atoms with Crippen LogP contribution in [0.1, 0.15) is 0 Å². The fraction of sp³-hybridized carbons (Fsp3) is 0. The van der Waals surface area contributed by atoms with E-state index < -0.39 is 0 Å². The fourth-order valence-electron chi connectivity index (χ4n) is 7.66. The molecule has 0 aliphatic carbocycles. The van der Waals surface area contributed by atoms with E-state index in [1.165, 1.54) is 65.0 Å². The van der Waals surface area contributed by atoms with Crippen molar-refractivity contribution in [3.8, 4) is 45.0 Å². The third-order valence-electron chi connectivity index (χ3n) is 10.1. The van der Waals surface area contributed by atoms with Gasteiger partial charge < -0.3 is 0 Å². The van der Waals surface area contributed by atoms with Crippen LogP contribution in [0.2, 0.25) is 0 Å². The summed E-state index contributed by atoms with van der Waals surface area (Å²) in [6.45, 7) is 0. The van der Waals surface area contributed by atoms with E-state index >= 15 is 0 Å². The zero-order valence-electron chi connectivity index (χ0n) is 27.2. The summed E-state index contributed by atoms with van der Waals surface area (Å²) in [4.78, 5) is 10.7. The van der Waals surface area contributed by atoms with Crippen LogP contribution in [-0.4, -0.2) is 9.97 Å². The molecule has 0 amide bonds. The molecule has 1 aromatic heterocycles. The zero-order valence-corrected chi connectivity index (χ0v) is 27.2. The molecule has 50 heavy (non-hydrogen) atoms. The standard InChI is InChI=1S/C48H30N2/c1-4-16-36-31(12-1)15-11-23-37(36)32-24-26-33(27-25-32)48-49-46(44-28-34-13-2-5-17-38(34)40-19-7-9-21-42(40)44)30-47(50-48)45-29-35-14-3-6-18-39(35)41-20-8-10-22-43(41)45/h1-30H. The Balaban J connectivity index is 1.22. The van der Waals surface area contributed by atoms with Gasteiger partial charge >= 0.3 is 0 Å². The number of hydrogen-bond acceptors (Lipinski definition) is 2. The third-order valence-corrected chi connectivity index (χ3v) is 10.1. The highest BCUT2D eigenvalue weighted by molar-refractivity contribution is 6.15. The summed E-state index contributed by atoms with van der Waals surface area (Å²) in [5.41, 5.74) is 7.37. The van der Waals surface area contributed by atoms with Gasteiger partial charge in [-0.25, -0.2) is 9.97 Å². The summed E-state index contributed by atoms with van der Waals surface area (Å²) < 4.78 is 0. The summed E-state index contributed by atoms with van der Waals surface area (Å²) in [6, 6.07) is 65.1. The van der Waals surface area contributed by atoms with Crippen LogP contribution in [-0.2, 0) is 0 Å². The average Bonchev–Trinajstić information content (AvgIpc) is 3.20. The van der Waals surface area contributed by atoms with Crippen LogP contribution in [0.5, 0.6) is 0 Å². The van der Waals surface area contributed by atoms with Gasteiger partial charge in [-0.05, 0) is 83.2 Å². The third kappa shape index (κ3) is 4.65. The van der Waals surface area contributed by atoms with E-state index in [2.05, 4.69) is 182 Å². The second-order valence-corrected chi connectivity index (χ2v) is 12.9. The van der Waals surface area contributed by atoms with Gasteiger partial charge in [0.2, 0.25) is 0 Å². The van der Waals surface area contributed by atoms with E-state index in [-0.39, 0.29) is 0 Å². The molecular weight excluding hydrogens is 605 g/mol. The average molecular weight is 635 g/mol. The first-order valence-corrected chi connectivity index (χ1v) is 17.1. The fourth-order valence-corrected chi connectivity index (χ4v) is 7.66. The first-order valence-electron chi connectivity index (χ1n) is 17.1. The predicted octanol–water partition coefficient (Wildman–Crippen LogP) is 12.9. The van der Waals surface area contributed by atoms with Crippen molar-refractivity contribution in [1.82, 2.24) is 9.97 Å². The van der Waals surface area contributed by atoms with Gasteiger partial charge in [-0.2, -0.15) is 0 Å². The van der Waals surface area contributed by atoms with Crippen LogP contribution in [0.3, 0.4) is 0 Å². The van der Waals surface area contributed by atoms with Gasteiger partial charge in [0.15, 0.2) is 5.82 Å². The Hall–Kier alpha value is -6.64. The normalized spacial score (nSPS) is 11.6. The summed E-state index contributed by atoms with van der Waals surface area (Å²) in [7, 11) is 0. The number of hydrogen-bond donors (Lipinski definition) is 0. The minimum atomic E-state index is 0.705.